The van der Waals surface area contributed by atoms with Gasteiger partial charge >= 0.3 is 0 Å². The van der Waals surface area contributed by atoms with Crippen LogP contribution in [0.15, 0.2) is 18.2 Å². The Bertz CT molecular complexity index is 280. The Labute approximate surface area is 67.8 Å². The number of hydrogen-bond acceptors (Lipinski definition) is 2. The average Bonchev–Trinajstić information content (AvgIpc) is 1.85. The van der Waals surface area contributed by atoms with Crippen LogP contribution in [-0.2, 0) is 0 Å². The second-order valence-corrected chi connectivity index (χ2v) is 2.32. The van der Waals surface area contributed by atoms with Gasteiger partial charge in [-0.3, -0.25) is 4.79 Å². The lowest BCUT2D eigenvalue weighted by Gasteiger charge is -1.99. The second-order valence-electron chi connectivity index (χ2n) is 1.98. The van der Waals surface area contributed by atoms with E-state index in [4.69, 9.17) is 17.3 Å². The summed E-state index contributed by atoms with van der Waals surface area (Å²) in [7, 11) is 0. The Hall–Kier alpha value is -1.09. The zero-order valence-corrected chi connectivity index (χ0v) is 6.23. The Morgan fingerprint density at radius 3 is 2.55 bits per heavy atom. The van der Waals surface area contributed by atoms with E-state index < -0.39 is 11.1 Å². The highest BCUT2D eigenvalue weighted by Gasteiger charge is 2.11. The molecule has 1 aromatic rings. The fourth-order valence-corrected chi connectivity index (χ4v) is 0.948. The smallest absolute Gasteiger partial charge is 0.257 e. The first-order valence-electron chi connectivity index (χ1n) is 2.86. The number of carbonyl (C=O) groups is 1. The molecule has 0 radical (unpaired) electrons. The van der Waals surface area contributed by atoms with Crippen molar-refractivity contribution in [3.63, 3.8) is 0 Å². The van der Waals surface area contributed by atoms with Crippen LogP contribution in [-0.4, -0.2) is 5.24 Å². The third-order valence-electron chi connectivity index (χ3n) is 1.24. The fourth-order valence-electron chi connectivity index (χ4n) is 0.748. The molecule has 0 saturated heterocycles. The van der Waals surface area contributed by atoms with Crippen molar-refractivity contribution in [2.75, 3.05) is 5.73 Å². The van der Waals surface area contributed by atoms with Gasteiger partial charge in [0.2, 0.25) is 0 Å². The topological polar surface area (TPSA) is 43.1 Å². The quantitative estimate of drug-likeness (QED) is 0.520. The van der Waals surface area contributed by atoms with Gasteiger partial charge in [0.05, 0.1) is 5.56 Å². The van der Waals surface area contributed by atoms with Crippen molar-refractivity contribution < 1.29 is 9.18 Å². The molecule has 0 unspecified atom stereocenters. The van der Waals surface area contributed by atoms with Crippen LogP contribution >= 0.6 is 11.6 Å². The van der Waals surface area contributed by atoms with Crippen LogP contribution in [0.3, 0.4) is 0 Å². The summed E-state index contributed by atoms with van der Waals surface area (Å²) in [6, 6.07) is 3.96. The van der Waals surface area contributed by atoms with Crippen LogP contribution < -0.4 is 5.73 Å². The molecular weight excluding hydrogens is 169 g/mol. The minimum atomic E-state index is -0.874. The van der Waals surface area contributed by atoms with Gasteiger partial charge in [0.25, 0.3) is 5.24 Å². The van der Waals surface area contributed by atoms with Gasteiger partial charge in [-0.2, -0.15) is 0 Å². The van der Waals surface area contributed by atoms with E-state index in [0.29, 0.717) is 0 Å². The Morgan fingerprint density at radius 2 is 2.18 bits per heavy atom. The lowest BCUT2D eigenvalue weighted by Crippen LogP contribution is -2.00. The van der Waals surface area contributed by atoms with Crippen molar-refractivity contribution in [2.24, 2.45) is 0 Å². The summed E-state index contributed by atoms with van der Waals surface area (Å²) < 4.78 is 12.7. The number of rotatable bonds is 1. The van der Waals surface area contributed by atoms with E-state index >= 15 is 0 Å². The molecule has 0 aromatic heterocycles. The number of nitrogens with two attached hydrogens (primary N) is 1. The van der Waals surface area contributed by atoms with E-state index in [9.17, 15) is 9.18 Å². The van der Waals surface area contributed by atoms with Crippen molar-refractivity contribution in [3.8, 4) is 0 Å². The minimum Gasteiger partial charge on any atom is -0.398 e. The van der Waals surface area contributed by atoms with Crippen LogP contribution in [0, 0.1) is 5.82 Å². The number of halogens is 2. The van der Waals surface area contributed by atoms with Gasteiger partial charge in [-0.05, 0) is 23.7 Å². The Balaban J connectivity index is 3.32. The molecule has 58 valence electrons. The lowest BCUT2D eigenvalue weighted by molar-refractivity contribution is 0.107. The summed E-state index contributed by atoms with van der Waals surface area (Å²) in [6.07, 6.45) is 0. The lowest BCUT2D eigenvalue weighted by atomic mass is 10.2. The molecule has 11 heavy (non-hydrogen) atoms. The molecule has 2 nitrogen and oxygen atoms in total. The molecule has 2 N–H and O–H groups in total. The highest BCUT2D eigenvalue weighted by Crippen LogP contribution is 2.17. The molecule has 0 spiro atoms. The third kappa shape index (κ3) is 1.49. The minimum absolute atomic E-state index is 0.0602. The highest BCUT2D eigenvalue weighted by molar-refractivity contribution is 6.68. The molecule has 1 rings (SSSR count). The highest BCUT2D eigenvalue weighted by atomic mass is 35.5. The monoisotopic (exact) mass is 173 g/mol. The third-order valence-corrected chi connectivity index (χ3v) is 1.43. The van der Waals surface area contributed by atoms with Crippen molar-refractivity contribution in [1.29, 1.82) is 0 Å². The predicted molar refractivity (Wildman–Crippen MR) is 41.0 cm³/mol. The molecule has 0 aliphatic carbocycles. The van der Waals surface area contributed by atoms with Crippen molar-refractivity contribution >= 4 is 22.5 Å². The van der Waals surface area contributed by atoms with E-state index in [2.05, 4.69) is 0 Å². The molecule has 1 aromatic carbocycles. The Morgan fingerprint density at radius 1 is 1.55 bits per heavy atom. The summed E-state index contributed by atoms with van der Waals surface area (Å²) >= 11 is 5.05. The van der Waals surface area contributed by atoms with Crippen molar-refractivity contribution in [2.45, 2.75) is 0 Å². The molecule has 0 fully saturated rings. The van der Waals surface area contributed by atoms with Crippen LogP contribution in [0.25, 0.3) is 0 Å². The second kappa shape index (κ2) is 2.88. The average molecular weight is 174 g/mol. The molecule has 0 bridgehead atoms. The summed E-state index contributed by atoms with van der Waals surface area (Å²) in [4.78, 5) is 10.5. The SMILES string of the molecule is Nc1cccc(F)c1C(=O)Cl. The first kappa shape index (κ1) is 8.01. The molecular formula is C7H5ClFNO. The van der Waals surface area contributed by atoms with E-state index in [1.54, 1.807) is 0 Å². The van der Waals surface area contributed by atoms with Gasteiger partial charge in [-0.25, -0.2) is 4.39 Å². The van der Waals surface area contributed by atoms with E-state index in [0.717, 1.165) is 6.07 Å². The normalized spacial score (nSPS) is 9.64. The molecule has 0 heterocycles. The first-order valence-corrected chi connectivity index (χ1v) is 3.24. The Kier molecular flexibility index (Phi) is 2.10. The largest absolute Gasteiger partial charge is 0.398 e. The van der Waals surface area contributed by atoms with Gasteiger partial charge < -0.3 is 5.73 Å². The van der Waals surface area contributed by atoms with Gasteiger partial charge in [0.15, 0.2) is 0 Å². The number of nitrogen functional groups attached to an aromatic ring is 1. The van der Waals surface area contributed by atoms with Crippen molar-refractivity contribution in [1.82, 2.24) is 0 Å². The maximum absolute atomic E-state index is 12.7. The summed E-state index contributed by atoms with van der Waals surface area (Å²) in [6.45, 7) is 0. The maximum atomic E-state index is 12.7. The molecule has 0 saturated carbocycles. The summed E-state index contributed by atoms with van der Waals surface area (Å²) in [5.74, 6) is -0.690. The van der Waals surface area contributed by atoms with E-state index in [1.807, 2.05) is 0 Å². The summed E-state index contributed by atoms with van der Waals surface area (Å²) in [5.41, 5.74) is 5.08. The maximum Gasteiger partial charge on any atom is 0.257 e. The molecule has 0 aliphatic heterocycles. The number of anilines is 1. The zero-order chi connectivity index (χ0) is 8.43. The van der Waals surface area contributed by atoms with Gasteiger partial charge in [0.1, 0.15) is 5.82 Å². The standard InChI is InChI=1S/C7H5ClFNO/c8-7(11)6-4(9)2-1-3-5(6)10/h1-3H,10H2. The van der Waals surface area contributed by atoms with Gasteiger partial charge in [-0.1, -0.05) is 6.07 Å². The van der Waals surface area contributed by atoms with Crippen LogP contribution in [0.5, 0.6) is 0 Å². The summed E-state index contributed by atoms with van der Waals surface area (Å²) in [5, 5.41) is -0.874. The predicted octanol–water partition coefficient (Wildman–Crippen LogP) is 1.79. The molecule has 0 amide bonds. The molecule has 0 aliphatic rings. The van der Waals surface area contributed by atoms with E-state index in [-0.39, 0.29) is 11.3 Å². The fraction of sp³-hybridized carbons (Fsp3) is 0. The van der Waals surface area contributed by atoms with Crippen LogP contribution in [0.2, 0.25) is 0 Å². The van der Waals surface area contributed by atoms with E-state index in [1.165, 1.54) is 12.1 Å². The van der Waals surface area contributed by atoms with Crippen molar-refractivity contribution in [3.05, 3.63) is 29.6 Å². The number of benzene rings is 1. The molecule has 4 heteroatoms. The number of hydrogen-bond donors (Lipinski definition) is 1. The zero-order valence-electron chi connectivity index (χ0n) is 5.47. The van der Waals surface area contributed by atoms with Gasteiger partial charge in [-0.15, -0.1) is 0 Å². The van der Waals surface area contributed by atoms with Crippen LogP contribution in [0.4, 0.5) is 10.1 Å². The van der Waals surface area contributed by atoms with Gasteiger partial charge in [0, 0.05) is 5.69 Å². The van der Waals surface area contributed by atoms with Crippen LogP contribution in [0.1, 0.15) is 10.4 Å². The first-order chi connectivity index (χ1) is 5.13. The number of carbonyl (C=O) groups excluding carboxylic acids is 1. The molecule has 0 atom stereocenters.